The molecule has 1 heterocycles. The predicted molar refractivity (Wildman–Crippen MR) is 104 cm³/mol. The van der Waals surface area contributed by atoms with E-state index in [1.807, 2.05) is 6.07 Å². The number of fused-ring (bicyclic) bond motifs is 1. The molecule has 7 heteroatoms. The van der Waals surface area contributed by atoms with Crippen LogP contribution in [0.4, 0.5) is 0 Å². The zero-order valence-electron chi connectivity index (χ0n) is 15.6. The van der Waals surface area contributed by atoms with Crippen LogP contribution in [0.1, 0.15) is 41.6 Å². The maximum absolute atomic E-state index is 12.2. The number of halogens is 1. The lowest BCUT2D eigenvalue weighted by atomic mass is 10.0. The molecule has 0 unspecified atom stereocenters. The zero-order valence-corrected chi connectivity index (χ0v) is 16.4. The number of amides is 1. The molecule has 0 spiro atoms. The molecule has 1 aromatic carbocycles. The molecule has 3 N–H and O–H groups in total. The highest BCUT2D eigenvalue weighted by Gasteiger charge is 2.18. The van der Waals surface area contributed by atoms with Gasteiger partial charge >= 0.3 is 0 Å². The average Bonchev–Trinajstić information content (AvgIpc) is 2.60. The van der Waals surface area contributed by atoms with Gasteiger partial charge < -0.3 is 25.2 Å². The molecule has 148 valence electrons. The first kappa shape index (κ1) is 22.7. The summed E-state index contributed by atoms with van der Waals surface area (Å²) in [5, 5.41) is 23.3. The molecule has 0 saturated carbocycles. The second-order valence-corrected chi connectivity index (χ2v) is 6.82. The highest BCUT2D eigenvalue weighted by molar-refractivity contribution is 5.94. The second-order valence-electron chi connectivity index (χ2n) is 6.82. The van der Waals surface area contributed by atoms with Crippen molar-refractivity contribution >= 4 is 18.3 Å². The lowest BCUT2D eigenvalue weighted by Gasteiger charge is -2.21. The number of hydrogen-bond donors (Lipinski definition) is 3. The van der Waals surface area contributed by atoms with Crippen LogP contribution in [0.15, 0.2) is 18.2 Å². The van der Waals surface area contributed by atoms with Crippen LogP contribution in [0.2, 0.25) is 0 Å². The fourth-order valence-electron chi connectivity index (χ4n) is 2.90. The number of aryl methyl sites for hydroxylation is 1. The Kier molecular flexibility index (Phi) is 9.94. The molecule has 0 bridgehead atoms. The van der Waals surface area contributed by atoms with Gasteiger partial charge in [0, 0.05) is 19.7 Å². The summed E-state index contributed by atoms with van der Waals surface area (Å²) in [5.41, 5.74) is 1.61. The molecule has 2 rings (SSSR count). The first-order chi connectivity index (χ1) is 12.0. The second kappa shape index (κ2) is 11.4. The van der Waals surface area contributed by atoms with Gasteiger partial charge in [0.25, 0.3) is 5.91 Å². The zero-order chi connectivity index (χ0) is 18.2. The van der Waals surface area contributed by atoms with Crippen LogP contribution in [0, 0.1) is 0 Å². The predicted octanol–water partition coefficient (Wildman–Crippen LogP) is 1.62. The van der Waals surface area contributed by atoms with Crippen molar-refractivity contribution in [1.29, 1.82) is 0 Å². The number of ether oxygens (including phenoxy) is 1. The van der Waals surface area contributed by atoms with Crippen LogP contribution in [-0.4, -0.2) is 67.0 Å². The van der Waals surface area contributed by atoms with E-state index in [-0.39, 0.29) is 24.9 Å². The summed E-state index contributed by atoms with van der Waals surface area (Å²) in [6.45, 7) is 1.63. The van der Waals surface area contributed by atoms with Gasteiger partial charge in [-0.3, -0.25) is 4.79 Å². The van der Waals surface area contributed by atoms with Crippen LogP contribution < -0.4 is 10.1 Å². The number of rotatable bonds is 1. The van der Waals surface area contributed by atoms with Crippen molar-refractivity contribution in [1.82, 2.24) is 10.2 Å². The van der Waals surface area contributed by atoms with E-state index in [0.717, 1.165) is 37.8 Å². The fraction of sp³-hybridized carbons (Fsp3) is 0.632. The summed E-state index contributed by atoms with van der Waals surface area (Å²) < 4.78 is 5.76. The molecular weight excluding hydrogens is 356 g/mol. The molecule has 1 aromatic rings. The highest BCUT2D eigenvalue weighted by atomic mass is 35.5. The molecular formula is C19H31ClN2O4. The third-order valence-corrected chi connectivity index (χ3v) is 4.48. The number of benzene rings is 1. The number of carbonyl (C=O) groups excluding carboxylic acids is 1. The van der Waals surface area contributed by atoms with E-state index in [9.17, 15) is 15.0 Å². The van der Waals surface area contributed by atoms with E-state index in [4.69, 9.17) is 4.74 Å². The van der Waals surface area contributed by atoms with Crippen LogP contribution in [0.5, 0.6) is 5.75 Å². The minimum absolute atomic E-state index is 0. The fourth-order valence-corrected chi connectivity index (χ4v) is 2.90. The first-order valence-corrected chi connectivity index (χ1v) is 9.03. The first-order valence-electron chi connectivity index (χ1n) is 9.03. The minimum atomic E-state index is -0.930. The van der Waals surface area contributed by atoms with Gasteiger partial charge in [0.2, 0.25) is 0 Å². The Morgan fingerprint density at radius 2 is 1.92 bits per heavy atom. The van der Waals surface area contributed by atoms with Gasteiger partial charge in [0.05, 0.1) is 6.10 Å². The van der Waals surface area contributed by atoms with Gasteiger partial charge in [0.15, 0.2) is 0 Å². The molecule has 1 aliphatic rings. The Labute approximate surface area is 161 Å². The summed E-state index contributed by atoms with van der Waals surface area (Å²) in [4.78, 5) is 13.7. The molecule has 0 aromatic heterocycles. The molecule has 0 saturated heterocycles. The summed E-state index contributed by atoms with van der Waals surface area (Å²) in [5.74, 6) is 0.638. The maximum Gasteiger partial charge on any atom is 0.253 e. The van der Waals surface area contributed by atoms with Crippen molar-refractivity contribution in [3.63, 3.8) is 0 Å². The number of hydrogen-bond acceptors (Lipinski definition) is 5. The maximum atomic E-state index is 12.2. The summed E-state index contributed by atoms with van der Waals surface area (Å²) in [6, 6.07) is 5.42. The summed E-state index contributed by atoms with van der Waals surface area (Å²) in [7, 11) is 3.46. The average molecular weight is 387 g/mol. The van der Waals surface area contributed by atoms with E-state index >= 15 is 0 Å². The minimum Gasteiger partial charge on any atom is -0.491 e. The van der Waals surface area contributed by atoms with Crippen molar-refractivity contribution in [2.75, 3.05) is 33.8 Å². The van der Waals surface area contributed by atoms with Gasteiger partial charge in [-0.1, -0.05) is 6.42 Å². The smallest absolute Gasteiger partial charge is 0.253 e. The Bertz CT molecular complexity index is 568. The topological polar surface area (TPSA) is 82.0 Å². The standard InChI is InChI=1S/C19H30N2O4.ClH/c1-21(2)19(24)15-7-8-18-14(12-15)6-4-3-5-10-20-11-9-16(22)17(23)13-25-18;/h7-8,12,16-17,20,22-23H,3-6,9-11,13H2,1-2H3;1H/t16-,17+;/m0./s1. The van der Waals surface area contributed by atoms with Crippen molar-refractivity contribution in [3.05, 3.63) is 29.3 Å². The van der Waals surface area contributed by atoms with Crippen molar-refractivity contribution < 1.29 is 19.7 Å². The lowest BCUT2D eigenvalue weighted by Crippen LogP contribution is -2.34. The summed E-state index contributed by atoms with van der Waals surface area (Å²) >= 11 is 0. The van der Waals surface area contributed by atoms with E-state index in [2.05, 4.69) is 5.32 Å². The molecule has 6 nitrogen and oxygen atoms in total. The molecule has 1 amide bonds. The quantitative estimate of drug-likeness (QED) is 0.683. The number of nitrogens with zero attached hydrogens (tertiary/aromatic N) is 1. The van der Waals surface area contributed by atoms with Gasteiger partial charge in [-0.2, -0.15) is 0 Å². The number of nitrogens with one attached hydrogen (secondary N) is 1. The molecule has 0 radical (unpaired) electrons. The van der Waals surface area contributed by atoms with Gasteiger partial charge in [0.1, 0.15) is 18.5 Å². The third kappa shape index (κ3) is 6.76. The van der Waals surface area contributed by atoms with Crippen LogP contribution in [0.25, 0.3) is 0 Å². The van der Waals surface area contributed by atoms with E-state index < -0.39 is 12.2 Å². The SMILES string of the molecule is CN(C)C(=O)c1ccc2c(c1)CCCCCNCC[C@H](O)[C@H](O)CO2.Cl. The number of aliphatic hydroxyl groups excluding tert-OH is 2. The number of aliphatic hydroxyl groups is 2. The molecule has 0 aliphatic carbocycles. The van der Waals surface area contributed by atoms with Crippen molar-refractivity contribution in [2.45, 2.75) is 44.3 Å². The number of carbonyl (C=O) groups is 1. The van der Waals surface area contributed by atoms with E-state index in [1.54, 1.807) is 31.1 Å². The Balaban J connectivity index is 0.00000338. The van der Waals surface area contributed by atoms with Gasteiger partial charge in [-0.15, -0.1) is 12.4 Å². The molecule has 0 fully saturated rings. The van der Waals surface area contributed by atoms with Crippen molar-refractivity contribution in [2.24, 2.45) is 0 Å². The Morgan fingerprint density at radius 1 is 1.15 bits per heavy atom. The van der Waals surface area contributed by atoms with E-state index in [0.29, 0.717) is 24.3 Å². The van der Waals surface area contributed by atoms with Crippen LogP contribution >= 0.6 is 12.4 Å². The summed E-state index contributed by atoms with van der Waals surface area (Å²) in [6.07, 6.45) is 2.74. The molecule has 2 atom stereocenters. The van der Waals surface area contributed by atoms with Gasteiger partial charge in [-0.25, -0.2) is 0 Å². The van der Waals surface area contributed by atoms with Crippen LogP contribution in [0.3, 0.4) is 0 Å². The van der Waals surface area contributed by atoms with Gasteiger partial charge in [-0.05, 0) is 62.5 Å². The molecule has 1 aliphatic heterocycles. The Hall–Kier alpha value is -1.34. The largest absolute Gasteiger partial charge is 0.491 e. The van der Waals surface area contributed by atoms with E-state index in [1.165, 1.54) is 0 Å². The third-order valence-electron chi connectivity index (χ3n) is 4.48. The highest BCUT2D eigenvalue weighted by Crippen LogP contribution is 2.24. The Morgan fingerprint density at radius 3 is 2.65 bits per heavy atom. The normalized spacial score (nSPS) is 22.2. The monoisotopic (exact) mass is 386 g/mol. The lowest BCUT2D eigenvalue weighted by molar-refractivity contribution is -0.0114. The van der Waals surface area contributed by atoms with Crippen LogP contribution in [-0.2, 0) is 6.42 Å². The molecule has 26 heavy (non-hydrogen) atoms. The van der Waals surface area contributed by atoms with Crippen molar-refractivity contribution in [3.8, 4) is 5.75 Å².